The number of para-hydroxylation sites is 2. The molecule has 0 aromatic heterocycles. The minimum atomic E-state index is -0.0290. The Kier molecular flexibility index (Phi) is 9.30. The molecule has 0 fully saturated rings. The van der Waals surface area contributed by atoms with Crippen molar-refractivity contribution in [1.29, 1.82) is 0 Å². The van der Waals surface area contributed by atoms with Crippen LogP contribution in [0.4, 0.5) is 51.2 Å². The average molecular weight is 884 g/mol. The Labute approximate surface area is 405 Å². The van der Waals surface area contributed by atoms with Crippen LogP contribution >= 0.6 is 0 Å². The van der Waals surface area contributed by atoms with E-state index in [1.165, 1.54) is 95.0 Å². The number of hydrogen-bond donors (Lipinski definition) is 0. The topological polar surface area (TPSA) is 9.72 Å². The molecule has 2 aliphatic carbocycles. The van der Waals surface area contributed by atoms with Crippen molar-refractivity contribution in [2.45, 2.75) is 104 Å². The molecule has 0 saturated heterocycles. The molecule has 4 heteroatoms. The van der Waals surface area contributed by atoms with Crippen LogP contribution in [0.3, 0.4) is 0 Å². The van der Waals surface area contributed by atoms with Gasteiger partial charge in [-0.15, -0.1) is 0 Å². The first-order chi connectivity index (χ1) is 32.5. The Balaban J connectivity index is 1.19. The summed E-state index contributed by atoms with van der Waals surface area (Å²) in [5.41, 5.74) is 26.0. The summed E-state index contributed by atoms with van der Waals surface area (Å²) >= 11 is 0. The molecule has 0 atom stereocenters. The smallest absolute Gasteiger partial charge is 0.252 e. The number of rotatable bonds is 6. The van der Waals surface area contributed by atoms with E-state index in [2.05, 4.69) is 254 Å². The predicted octanol–water partition coefficient (Wildman–Crippen LogP) is 15.4. The third-order valence-electron chi connectivity index (χ3n) is 16.1. The molecule has 2 aliphatic heterocycles. The van der Waals surface area contributed by atoms with Crippen LogP contribution in [-0.2, 0) is 21.7 Å². The lowest BCUT2D eigenvalue weighted by atomic mass is 9.33. The van der Waals surface area contributed by atoms with Crippen molar-refractivity contribution in [1.82, 2.24) is 0 Å². The number of benzene rings is 8. The predicted molar refractivity (Wildman–Crippen MR) is 291 cm³/mol. The van der Waals surface area contributed by atoms with Gasteiger partial charge in [-0.1, -0.05) is 146 Å². The molecule has 3 nitrogen and oxygen atoms in total. The SMILES string of the molecule is Cc1cc2c3c(c1)N(c1cc(-c4ccccc4)ccc1C)c1ccc(N(c4ccccc4)c4ccccc4)cc1B3c1cc3c(cc1N2c1ccc2c(c1)C(C)(C)CC2(C)C)C(C)(C)CC3(C)C. The normalized spacial score (nSPS) is 17.2. The third kappa shape index (κ3) is 6.47. The molecule has 336 valence electrons. The zero-order chi connectivity index (χ0) is 47.1. The molecule has 0 N–H and O–H groups in total. The van der Waals surface area contributed by atoms with Gasteiger partial charge in [-0.05, 0) is 188 Å². The quantitative estimate of drug-likeness (QED) is 0.154. The van der Waals surface area contributed by atoms with Crippen molar-refractivity contribution in [3.63, 3.8) is 0 Å². The van der Waals surface area contributed by atoms with E-state index in [0.717, 1.165) is 29.9 Å². The molecule has 0 saturated carbocycles. The van der Waals surface area contributed by atoms with Gasteiger partial charge in [-0.2, -0.15) is 0 Å². The van der Waals surface area contributed by atoms with Crippen LogP contribution in [0.1, 0.15) is 102 Å². The highest BCUT2D eigenvalue weighted by Crippen LogP contribution is 2.55. The van der Waals surface area contributed by atoms with E-state index in [4.69, 9.17) is 0 Å². The van der Waals surface area contributed by atoms with Gasteiger partial charge in [0.15, 0.2) is 0 Å². The van der Waals surface area contributed by atoms with Crippen LogP contribution < -0.4 is 31.1 Å². The zero-order valence-corrected chi connectivity index (χ0v) is 41.5. The minimum Gasteiger partial charge on any atom is -0.311 e. The van der Waals surface area contributed by atoms with E-state index in [1.54, 1.807) is 0 Å². The molecule has 0 bridgehead atoms. The monoisotopic (exact) mass is 884 g/mol. The number of hydrogen-bond acceptors (Lipinski definition) is 3. The van der Waals surface area contributed by atoms with E-state index < -0.39 is 0 Å². The Morgan fingerprint density at radius 2 is 0.941 bits per heavy atom. The van der Waals surface area contributed by atoms with Gasteiger partial charge in [0.25, 0.3) is 6.71 Å². The summed E-state index contributed by atoms with van der Waals surface area (Å²) in [4.78, 5) is 7.70. The summed E-state index contributed by atoms with van der Waals surface area (Å²) < 4.78 is 0. The average Bonchev–Trinajstić information content (AvgIpc) is 3.62. The highest BCUT2D eigenvalue weighted by atomic mass is 15.2. The van der Waals surface area contributed by atoms with Crippen molar-refractivity contribution in [2.75, 3.05) is 14.7 Å². The number of anilines is 9. The van der Waals surface area contributed by atoms with Gasteiger partial charge in [-0.25, -0.2) is 0 Å². The fourth-order valence-electron chi connectivity index (χ4n) is 13.6. The summed E-state index contributed by atoms with van der Waals surface area (Å²) in [5, 5.41) is 0. The van der Waals surface area contributed by atoms with Crippen molar-refractivity contribution < 1.29 is 0 Å². The van der Waals surface area contributed by atoms with Crippen molar-refractivity contribution in [3.8, 4) is 11.1 Å². The Hall–Kier alpha value is -6.78. The number of aryl methyl sites for hydroxylation is 2. The van der Waals surface area contributed by atoms with E-state index in [0.29, 0.717) is 0 Å². The molecule has 8 aromatic carbocycles. The molecule has 2 heterocycles. The molecule has 4 aliphatic rings. The van der Waals surface area contributed by atoms with Crippen LogP contribution in [-0.4, -0.2) is 6.71 Å². The van der Waals surface area contributed by atoms with E-state index in [9.17, 15) is 0 Å². The molecule has 0 unspecified atom stereocenters. The third-order valence-corrected chi connectivity index (χ3v) is 16.1. The highest BCUT2D eigenvalue weighted by Gasteiger charge is 2.49. The van der Waals surface area contributed by atoms with E-state index in [-0.39, 0.29) is 28.4 Å². The fraction of sp³-hybridized carbons (Fsp3) is 0.250. The molecule has 12 rings (SSSR count). The van der Waals surface area contributed by atoms with Gasteiger partial charge in [0.1, 0.15) is 0 Å². The summed E-state index contributed by atoms with van der Waals surface area (Å²) in [6.07, 6.45) is 2.24. The standard InChI is InChI=1S/C64H62BN3/c1-41-32-58-60-59(33-41)68(56-34-44(27-26-42(56)2)43-20-14-11-15-21-43)55-31-29-48(66(45-22-16-12-17-23-45)46-24-18-13-19-25-46)36-53(55)65(60)54-37-51-52(64(9,10)40-63(51,7)8)38-57(54)67(58)47-28-30-49-50(35-47)62(5,6)39-61(49,3)4/h11-38H,39-40H2,1-10H3. The first-order valence-electron chi connectivity index (χ1n) is 24.8. The lowest BCUT2D eigenvalue weighted by Crippen LogP contribution is -2.61. The molecule has 0 radical (unpaired) electrons. The largest absolute Gasteiger partial charge is 0.311 e. The molecule has 8 aromatic rings. The zero-order valence-electron chi connectivity index (χ0n) is 41.5. The van der Waals surface area contributed by atoms with Crippen LogP contribution in [0.5, 0.6) is 0 Å². The van der Waals surface area contributed by atoms with Crippen molar-refractivity contribution in [2.24, 2.45) is 0 Å². The van der Waals surface area contributed by atoms with Gasteiger partial charge in [0.2, 0.25) is 0 Å². The van der Waals surface area contributed by atoms with Gasteiger partial charge < -0.3 is 14.7 Å². The lowest BCUT2D eigenvalue weighted by molar-refractivity contribution is 0.403. The first-order valence-corrected chi connectivity index (χ1v) is 24.8. The number of fused-ring (bicyclic) bond motifs is 6. The van der Waals surface area contributed by atoms with E-state index in [1.807, 2.05) is 0 Å². The fourth-order valence-corrected chi connectivity index (χ4v) is 13.6. The molecular formula is C64H62BN3. The second-order valence-electron chi connectivity index (χ2n) is 23.0. The van der Waals surface area contributed by atoms with Crippen molar-refractivity contribution in [3.05, 3.63) is 203 Å². The Bertz CT molecular complexity index is 3290. The summed E-state index contributed by atoms with van der Waals surface area (Å²) in [5.74, 6) is 0. The van der Waals surface area contributed by atoms with Crippen LogP contribution in [0, 0.1) is 13.8 Å². The van der Waals surface area contributed by atoms with Crippen molar-refractivity contribution >= 4 is 74.3 Å². The Morgan fingerprint density at radius 1 is 0.397 bits per heavy atom. The van der Waals surface area contributed by atoms with Gasteiger partial charge in [0.05, 0.1) is 0 Å². The maximum absolute atomic E-state index is 2.67. The van der Waals surface area contributed by atoms with E-state index >= 15 is 0 Å². The summed E-state index contributed by atoms with van der Waals surface area (Å²) in [6, 6.07) is 64.6. The first kappa shape index (κ1) is 42.6. The lowest BCUT2D eigenvalue weighted by Gasteiger charge is -2.45. The van der Waals surface area contributed by atoms with Crippen LogP contribution in [0.25, 0.3) is 11.1 Å². The molecule has 0 spiro atoms. The second kappa shape index (κ2) is 14.9. The molecular weight excluding hydrogens is 822 g/mol. The van der Waals surface area contributed by atoms with Gasteiger partial charge in [-0.3, -0.25) is 0 Å². The van der Waals surface area contributed by atoms with Gasteiger partial charge >= 0.3 is 0 Å². The highest BCUT2D eigenvalue weighted by molar-refractivity contribution is 7.00. The summed E-state index contributed by atoms with van der Waals surface area (Å²) in [6.45, 7) is 24.2. The summed E-state index contributed by atoms with van der Waals surface area (Å²) in [7, 11) is 0. The molecule has 0 amide bonds. The molecule has 68 heavy (non-hydrogen) atoms. The van der Waals surface area contributed by atoms with Crippen LogP contribution in [0.2, 0.25) is 0 Å². The maximum Gasteiger partial charge on any atom is 0.252 e. The Morgan fingerprint density at radius 3 is 1.57 bits per heavy atom. The number of nitrogens with zero attached hydrogens (tertiary/aromatic N) is 3. The second-order valence-corrected chi connectivity index (χ2v) is 23.0. The maximum atomic E-state index is 2.67. The van der Waals surface area contributed by atoms with Gasteiger partial charge in [0, 0.05) is 51.2 Å². The van der Waals surface area contributed by atoms with Crippen LogP contribution in [0.15, 0.2) is 170 Å². The minimum absolute atomic E-state index is 0.0239.